The van der Waals surface area contributed by atoms with Crippen molar-refractivity contribution < 1.29 is 0 Å². The minimum atomic E-state index is 0.587. The molecule has 4 N–H and O–H groups in total. The van der Waals surface area contributed by atoms with Crippen LogP contribution in [0.3, 0.4) is 0 Å². The highest BCUT2D eigenvalue weighted by Crippen LogP contribution is 2.07. The van der Waals surface area contributed by atoms with Crippen LogP contribution in [0.4, 0.5) is 0 Å². The van der Waals surface area contributed by atoms with Gasteiger partial charge in [0.25, 0.3) is 0 Å². The largest absolute Gasteiger partial charge is 0.342 e. The molecule has 0 aliphatic heterocycles. The molecule has 20 heavy (non-hydrogen) atoms. The van der Waals surface area contributed by atoms with Crippen LogP contribution < -0.4 is 5.73 Å². The number of fused-ring (bicyclic) bond motifs is 1. The summed E-state index contributed by atoms with van der Waals surface area (Å²) in [4.78, 5) is 6.07. The van der Waals surface area contributed by atoms with Crippen molar-refractivity contribution in [3.05, 3.63) is 69.4 Å². The molecule has 0 saturated carbocycles. The highest BCUT2D eigenvalue weighted by atomic mass is 32.1. The minimum Gasteiger partial charge on any atom is -0.342 e. The van der Waals surface area contributed by atoms with Crippen LogP contribution >= 0.6 is 24.4 Å². The van der Waals surface area contributed by atoms with E-state index in [9.17, 15) is 0 Å². The van der Waals surface area contributed by atoms with Gasteiger partial charge >= 0.3 is 0 Å². The van der Waals surface area contributed by atoms with E-state index in [0.717, 1.165) is 11.0 Å². The summed E-state index contributed by atoms with van der Waals surface area (Å²) < 4.78 is 1.17. The predicted molar refractivity (Wildman–Crippen MR) is 88.7 cm³/mol. The van der Waals surface area contributed by atoms with Gasteiger partial charge in [0.05, 0.1) is 11.0 Å². The Morgan fingerprint density at radius 1 is 0.750 bits per heavy atom. The van der Waals surface area contributed by atoms with E-state index in [2.05, 4.69) is 9.97 Å². The lowest BCUT2D eigenvalue weighted by Crippen LogP contribution is -1.94. The molecular weight excluding hydrogens is 286 g/mol. The monoisotopic (exact) mass is 301 g/mol. The van der Waals surface area contributed by atoms with Gasteiger partial charge in [-0.1, -0.05) is 66.9 Å². The van der Waals surface area contributed by atoms with Crippen molar-refractivity contribution in [3.63, 3.8) is 0 Å². The molecule has 0 radical (unpaired) electrons. The zero-order chi connectivity index (χ0) is 14.4. The van der Waals surface area contributed by atoms with E-state index >= 15 is 0 Å². The van der Waals surface area contributed by atoms with Gasteiger partial charge in [-0.05, 0) is 17.7 Å². The van der Waals surface area contributed by atoms with Crippen molar-refractivity contribution in [3.8, 4) is 0 Å². The number of benzene rings is 2. The molecule has 0 unspecified atom stereocenters. The zero-order valence-electron chi connectivity index (χ0n) is 10.8. The normalized spacial score (nSPS) is 9.85. The number of hydrogen-bond acceptors (Lipinski definition) is 3. The van der Waals surface area contributed by atoms with Crippen molar-refractivity contribution in [2.24, 2.45) is 5.73 Å². The van der Waals surface area contributed by atoms with Crippen LogP contribution in [0, 0.1) is 9.28 Å². The summed E-state index contributed by atoms with van der Waals surface area (Å²) in [6.07, 6.45) is 0. The molecule has 3 aromatic rings. The lowest BCUT2D eigenvalue weighted by atomic mass is 10.2. The molecule has 5 heteroatoms. The van der Waals surface area contributed by atoms with Crippen molar-refractivity contribution in [2.45, 2.75) is 6.54 Å². The first kappa shape index (κ1) is 14.6. The number of H-pyrrole nitrogens is 2. The van der Waals surface area contributed by atoms with Gasteiger partial charge in [-0.15, -0.1) is 0 Å². The average molecular weight is 301 g/mol. The Kier molecular flexibility index (Phi) is 5.17. The fourth-order valence-corrected chi connectivity index (χ4v) is 2.00. The molecule has 0 atom stereocenters. The minimum absolute atomic E-state index is 0.587. The number of para-hydroxylation sites is 2. The summed E-state index contributed by atoms with van der Waals surface area (Å²) in [5.41, 5.74) is 8.50. The van der Waals surface area contributed by atoms with Crippen LogP contribution in [0.25, 0.3) is 11.0 Å². The third-order valence-corrected chi connectivity index (χ3v) is 3.45. The molecule has 0 aliphatic rings. The second-order valence-electron chi connectivity index (χ2n) is 4.14. The summed E-state index contributed by atoms with van der Waals surface area (Å²) in [6.45, 7) is 0.640. The van der Waals surface area contributed by atoms with E-state index in [1.807, 2.05) is 54.6 Å². The van der Waals surface area contributed by atoms with Crippen LogP contribution in [-0.2, 0) is 6.54 Å². The molecule has 1 aromatic heterocycles. The van der Waals surface area contributed by atoms with E-state index in [0.29, 0.717) is 15.8 Å². The van der Waals surface area contributed by atoms with E-state index < -0.39 is 0 Å². The summed E-state index contributed by atoms with van der Waals surface area (Å²) in [7, 11) is 0. The fraction of sp³-hybridized carbons (Fsp3) is 0.0667. The average Bonchev–Trinajstić information content (AvgIpc) is 2.50. The summed E-state index contributed by atoms with van der Waals surface area (Å²) in [6, 6.07) is 17.8. The van der Waals surface area contributed by atoms with Crippen molar-refractivity contribution in [1.29, 1.82) is 0 Å². The molecule has 0 amide bonds. The van der Waals surface area contributed by atoms with E-state index in [1.165, 1.54) is 5.56 Å². The molecule has 2 aromatic carbocycles. The Balaban J connectivity index is 0.000000160. The molecule has 1 heterocycles. The van der Waals surface area contributed by atoms with Crippen molar-refractivity contribution in [1.82, 2.24) is 9.97 Å². The maximum Gasteiger partial charge on any atom is 0.138 e. The Morgan fingerprint density at radius 3 is 1.60 bits per heavy atom. The van der Waals surface area contributed by atoms with Crippen LogP contribution in [0.1, 0.15) is 5.56 Å². The molecule has 3 rings (SSSR count). The lowest BCUT2D eigenvalue weighted by Gasteiger charge is -1.96. The molecule has 0 fully saturated rings. The Hall–Kier alpha value is -1.82. The maximum absolute atomic E-state index is 5.35. The van der Waals surface area contributed by atoms with Crippen molar-refractivity contribution >= 4 is 35.5 Å². The van der Waals surface area contributed by atoms with Gasteiger partial charge in [0, 0.05) is 6.54 Å². The summed E-state index contributed by atoms with van der Waals surface area (Å²) >= 11 is 9.98. The first-order chi connectivity index (χ1) is 9.70. The smallest absolute Gasteiger partial charge is 0.138 e. The van der Waals surface area contributed by atoms with Gasteiger partial charge in [0.15, 0.2) is 0 Å². The van der Waals surface area contributed by atoms with Gasteiger partial charge in [-0.25, -0.2) is 0 Å². The van der Waals surface area contributed by atoms with Gasteiger partial charge in [0.1, 0.15) is 9.28 Å². The van der Waals surface area contributed by atoms with Gasteiger partial charge < -0.3 is 15.7 Å². The second kappa shape index (κ2) is 7.09. The standard InChI is InChI=1S/C8H6N2S2.C7H9N/c11-7-8(12)10-6-4-2-1-3-5(6)9-7;8-6-7-4-2-1-3-5-7/h1-4H,(H,9,11)(H,10,12);1-5H,6,8H2. The van der Waals surface area contributed by atoms with Crippen LogP contribution in [-0.4, -0.2) is 9.97 Å². The third-order valence-electron chi connectivity index (χ3n) is 2.71. The zero-order valence-corrected chi connectivity index (χ0v) is 12.4. The Labute approximate surface area is 127 Å². The number of aromatic nitrogens is 2. The number of rotatable bonds is 1. The number of nitrogens with one attached hydrogen (secondary N) is 2. The molecular formula is C15H15N3S2. The summed E-state index contributed by atoms with van der Waals surface area (Å²) in [5, 5.41) is 0. The summed E-state index contributed by atoms with van der Waals surface area (Å²) in [5.74, 6) is 0. The van der Waals surface area contributed by atoms with E-state index in [4.69, 9.17) is 30.2 Å². The topological polar surface area (TPSA) is 57.6 Å². The van der Waals surface area contributed by atoms with Gasteiger partial charge in [-0.3, -0.25) is 0 Å². The Morgan fingerprint density at radius 2 is 1.20 bits per heavy atom. The van der Waals surface area contributed by atoms with Crippen LogP contribution in [0.15, 0.2) is 54.6 Å². The number of aromatic amines is 2. The van der Waals surface area contributed by atoms with E-state index in [-0.39, 0.29) is 0 Å². The predicted octanol–water partition coefficient (Wildman–Crippen LogP) is 4.10. The third kappa shape index (κ3) is 3.84. The van der Waals surface area contributed by atoms with Gasteiger partial charge in [-0.2, -0.15) is 0 Å². The van der Waals surface area contributed by atoms with Gasteiger partial charge in [0.2, 0.25) is 0 Å². The van der Waals surface area contributed by atoms with Crippen molar-refractivity contribution in [2.75, 3.05) is 0 Å². The molecule has 0 saturated heterocycles. The van der Waals surface area contributed by atoms with E-state index in [1.54, 1.807) is 0 Å². The molecule has 0 aliphatic carbocycles. The second-order valence-corrected chi connectivity index (χ2v) is 4.96. The molecule has 0 spiro atoms. The quantitative estimate of drug-likeness (QED) is 0.593. The SMILES string of the molecule is NCc1ccccc1.S=c1[nH]c2ccccc2[nH]c1=S. The van der Waals surface area contributed by atoms with Crippen LogP contribution in [0.2, 0.25) is 0 Å². The molecule has 3 nitrogen and oxygen atoms in total. The Bertz CT molecular complexity index is 743. The molecule has 0 bridgehead atoms. The highest BCUT2D eigenvalue weighted by Gasteiger charge is 1.91. The highest BCUT2D eigenvalue weighted by molar-refractivity contribution is 7.73. The maximum atomic E-state index is 5.35. The lowest BCUT2D eigenvalue weighted by molar-refractivity contribution is 1.07. The van der Waals surface area contributed by atoms with Crippen LogP contribution in [0.5, 0.6) is 0 Å². The fourth-order valence-electron chi connectivity index (χ4n) is 1.67. The molecule has 102 valence electrons. The first-order valence-electron chi connectivity index (χ1n) is 6.16. The number of nitrogens with two attached hydrogens (primary N) is 1. The number of hydrogen-bond donors (Lipinski definition) is 3. The first-order valence-corrected chi connectivity index (χ1v) is 6.97.